The first-order valence-electron chi connectivity index (χ1n) is 51.1. The molecule has 0 saturated heterocycles. The summed E-state index contributed by atoms with van der Waals surface area (Å²) in [5.74, 6) is 17.1. The monoisotopic (exact) mass is 1900 g/mol. The van der Waals surface area contributed by atoms with E-state index in [0.717, 1.165) is 152 Å². The minimum absolute atomic E-state index is 0.226. The maximum Gasteiger partial charge on any atom is 0.504 e. The van der Waals surface area contributed by atoms with Crippen molar-refractivity contribution in [2.24, 2.45) is 118 Å². The molecule has 0 amide bonds. The number of aromatic hydroxyl groups is 1. The quantitative estimate of drug-likeness (QED) is 0.0192. The van der Waals surface area contributed by atoms with Crippen LogP contribution in [0.1, 0.15) is 122 Å². The van der Waals surface area contributed by atoms with Crippen molar-refractivity contribution in [3.05, 3.63) is 315 Å². The Bertz CT molecular complexity index is 5230. The molecule has 0 radical (unpaired) electrons. The Kier molecular flexibility index (Phi) is 34.0. The van der Waals surface area contributed by atoms with Gasteiger partial charge in [0.25, 0.3) is 16.6 Å². The second-order valence-corrected chi connectivity index (χ2v) is 60.5. The van der Waals surface area contributed by atoms with E-state index in [4.69, 9.17) is 45.2 Å². The molecule has 12 nitrogen and oxygen atoms in total. The van der Waals surface area contributed by atoms with Crippen LogP contribution in [0.2, 0.25) is 43.8 Å². The van der Waals surface area contributed by atoms with Gasteiger partial charge in [-0.2, -0.15) is 0 Å². The smallest absolute Gasteiger partial charge is 0.504 e. The van der Waals surface area contributed by atoms with Crippen molar-refractivity contribution in [2.45, 2.75) is 167 Å². The predicted octanol–water partition coefficient (Wildman–Crippen LogP) is 23.0. The summed E-state index contributed by atoms with van der Waals surface area (Å²) in [6, 6.07) is 78.9. The first-order valence-corrected chi connectivity index (χ1v) is 63.0. The first kappa shape index (κ1) is 99.6. The molecule has 0 aromatic heterocycles. The number of carbonyl (C=O) groups is 1. The zero-order valence-electron chi connectivity index (χ0n) is 82.5. The summed E-state index contributed by atoms with van der Waals surface area (Å²) in [7, 11) is -1.76. The summed E-state index contributed by atoms with van der Waals surface area (Å²) in [5, 5.41) is 17.9. The second kappa shape index (κ2) is 46.1. The van der Waals surface area contributed by atoms with Crippen LogP contribution in [0.25, 0.3) is 0 Å². The van der Waals surface area contributed by atoms with Crippen molar-refractivity contribution in [3.63, 3.8) is 0 Å². The maximum atomic E-state index is 11.0. The van der Waals surface area contributed by atoms with Crippen LogP contribution in [0.3, 0.4) is 0 Å². The van der Waals surface area contributed by atoms with Crippen molar-refractivity contribution < 1.29 is 55.1 Å². The summed E-state index contributed by atoms with van der Waals surface area (Å²) >= 11 is 0. The van der Waals surface area contributed by atoms with Crippen LogP contribution in [0, 0.1) is 118 Å². The highest BCUT2D eigenvalue weighted by Crippen LogP contribution is 2.54. The lowest BCUT2D eigenvalue weighted by atomic mass is 9.87. The number of benzene rings is 8. The van der Waals surface area contributed by atoms with E-state index in [0.29, 0.717) is 40.5 Å². The normalized spacial score (nSPS) is 28.8. The summed E-state index contributed by atoms with van der Waals surface area (Å²) < 4.78 is 58.7. The van der Waals surface area contributed by atoms with Gasteiger partial charge in [-0.15, -0.1) is 0 Å². The summed E-state index contributed by atoms with van der Waals surface area (Å²) in [6.07, 6.45) is 54.2. The van der Waals surface area contributed by atoms with Gasteiger partial charge in [0, 0.05) is 60.2 Å². The van der Waals surface area contributed by atoms with Crippen molar-refractivity contribution in [1.29, 1.82) is 0 Å². The van der Waals surface area contributed by atoms with Crippen LogP contribution in [-0.2, 0) is 48.6 Å². The molecular weight excluding hydrogens is 1750 g/mol. The molecule has 8 aromatic carbocycles. The van der Waals surface area contributed by atoms with Crippen LogP contribution in [0.15, 0.2) is 303 Å². The fraction of sp³-hybridized carbons (Fsp3) is 0.466. The number of phenols is 1. The Morgan fingerprint density at radius 3 is 0.978 bits per heavy atom. The van der Waals surface area contributed by atoms with Crippen molar-refractivity contribution in [2.75, 3.05) is 62.0 Å². The molecule has 14 bridgehead atoms. The highest BCUT2D eigenvalue weighted by Gasteiger charge is 2.56. The maximum absolute atomic E-state index is 11.0. The molecule has 0 heterocycles. The predicted molar refractivity (Wildman–Crippen MR) is 563 cm³/mol. The number of hydrogen-bond donors (Lipinski definition) is 1. The summed E-state index contributed by atoms with van der Waals surface area (Å²) in [4.78, 5) is 11.0. The minimum atomic E-state index is -2.39. The lowest BCUT2D eigenvalue weighted by Gasteiger charge is -2.33. The molecule has 22 rings (SSSR count). The number of rotatable bonds is 31. The van der Waals surface area contributed by atoms with Gasteiger partial charge in [0.15, 0.2) is 23.0 Å². The lowest BCUT2D eigenvalue weighted by Crippen LogP contribution is -2.60. The van der Waals surface area contributed by atoms with Crippen LogP contribution in [0.5, 0.6) is 23.0 Å². The van der Waals surface area contributed by atoms with E-state index < -0.39 is 42.1 Å². The number of esters is 1. The SMILES string of the molecule is CC[Si](C)(OCC1CC2C=CC1C2)c1ccccc1.CC[Si](OCC1CC2C=CC1C2)(c1ccccc1)c1ccccc1.CO[Si](OC)(OC)C1CC2C=CC1C2.COc1cc(CC2CC3C=CC2C3)ccc1O.COc1cc(CC2CC3C=CC2C3)ccc1OC(C)=O.C[Si](C)(OCC1CC2C=CC1C2)c1ccccc1.C[Si](OCC1CC2C=CC1C2)(c1ccccc1)c1ccccc1. The van der Waals surface area contributed by atoms with E-state index in [-0.39, 0.29) is 11.7 Å². The first-order chi connectivity index (χ1) is 65.6. The van der Waals surface area contributed by atoms with Gasteiger partial charge in [0.1, 0.15) is 0 Å². The zero-order chi connectivity index (χ0) is 94.1. The average molecular weight is 1900 g/mol. The number of ether oxygens (including phenoxy) is 3. The van der Waals surface area contributed by atoms with Crippen LogP contribution >= 0.6 is 0 Å². The number of phenolic OH excluding ortho intramolecular Hbond substituents is 1. The molecule has 7 fully saturated rings. The van der Waals surface area contributed by atoms with Gasteiger partial charge in [-0.3, -0.25) is 4.79 Å². The van der Waals surface area contributed by atoms with E-state index in [2.05, 4.69) is 307 Å². The number of carbonyl (C=O) groups excluding carboxylic acids is 1. The highest BCUT2D eigenvalue weighted by atomic mass is 28.4. The standard InChI is InChI=1S/C22H26OSi.C21H24OSi.C17H20O3.C17H24OSi.C16H22OSi.C15H18O2.C10H18O3Si/c1-2-24(21-9-5-3-6-10-21,22-11-7-4-8-12-22)23-17-20-16-18-13-14-19(20)15-18;1-23(20-8-4-2-5-9-20,21-10-6-3-7-11-21)22-16-19-15-17-12-13-18(19)14-17;1-11(18)20-16-6-4-13(10-17(16)19-2)9-15-8-12-3-5-14(15)7-12;1-3-19(2,17-7-5-4-6-8-17)18-13-16-12-14-9-10-15(16)11-14;1-18(2,16-6-4-3-5-7-16)17-12-15-11-13-8-9-14(15)10-13;1-17-15-9-11(3-5-14(15)16)8-13-7-10-2-4-12(13)6-10;1-11-14(12-2,13-3)10-7-8-4-5-9(10)6-8/h3-14,18-20H,2,15-17H2,1H3;2-13,17-19H,14-16H2,1H3;3-6,10,12,14-15H,7-9H2,1-2H3;4-10,14-16H,3,11-13H2,1-2H3;3-9,13-15H,10-12H2,1-2H3;2-5,9-10,12-13,16H,6-8H2,1H3;4-5,8-10H,6-7H2,1-3H3. The largest absolute Gasteiger partial charge is 0.504 e. The van der Waals surface area contributed by atoms with E-state index in [1.807, 2.05) is 30.3 Å². The van der Waals surface area contributed by atoms with Gasteiger partial charge in [0.05, 0.1) is 14.2 Å². The number of fused-ring (bicyclic) bond motifs is 14. The number of methoxy groups -OCH3 is 2. The van der Waals surface area contributed by atoms with E-state index in [1.54, 1.807) is 41.6 Å². The van der Waals surface area contributed by atoms with Gasteiger partial charge in [0.2, 0.25) is 16.6 Å². The zero-order valence-corrected chi connectivity index (χ0v) is 87.5. The highest BCUT2D eigenvalue weighted by molar-refractivity contribution is 6.97. The van der Waals surface area contributed by atoms with E-state index in [1.165, 1.54) is 139 Å². The van der Waals surface area contributed by atoms with Crippen LogP contribution in [-0.4, -0.2) is 115 Å². The van der Waals surface area contributed by atoms with E-state index in [9.17, 15) is 9.90 Å². The molecule has 17 heteroatoms. The number of allylic oxidation sites excluding steroid dienone is 14. The molecule has 0 spiro atoms. The molecule has 8 aromatic rings. The van der Waals surface area contributed by atoms with Crippen molar-refractivity contribution in [3.8, 4) is 23.0 Å². The van der Waals surface area contributed by atoms with Crippen LogP contribution in [0.4, 0.5) is 0 Å². The van der Waals surface area contributed by atoms with Gasteiger partial charge >= 0.3 is 14.8 Å². The molecule has 716 valence electrons. The summed E-state index contributed by atoms with van der Waals surface area (Å²) in [6.45, 7) is 19.1. The third-order valence-electron chi connectivity index (χ3n) is 33.4. The van der Waals surface area contributed by atoms with Gasteiger partial charge < -0.3 is 50.3 Å². The fourth-order valence-electron chi connectivity index (χ4n) is 25.4. The van der Waals surface area contributed by atoms with Gasteiger partial charge in [-0.1, -0.05) is 293 Å². The average Bonchev–Trinajstić information content (AvgIpc) is 1.35. The molecule has 0 aliphatic heterocycles. The third-order valence-corrected chi connectivity index (χ3v) is 50.8. The molecule has 1 N–H and O–H groups in total. The van der Waals surface area contributed by atoms with Crippen molar-refractivity contribution >= 4 is 79.2 Å². The Labute approximate surface area is 813 Å². The molecule has 22 unspecified atom stereocenters. The van der Waals surface area contributed by atoms with Crippen molar-refractivity contribution in [1.82, 2.24) is 0 Å². The Morgan fingerprint density at radius 1 is 0.319 bits per heavy atom. The van der Waals surface area contributed by atoms with Crippen LogP contribution < -0.4 is 45.3 Å². The molecule has 14 aliphatic rings. The Balaban J connectivity index is 0.000000115. The minimum Gasteiger partial charge on any atom is -0.504 e. The van der Waals surface area contributed by atoms with E-state index >= 15 is 0 Å². The molecule has 135 heavy (non-hydrogen) atoms. The molecule has 7 saturated carbocycles. The fourth-order valence-corrected chi connectivity index (χ4v) is 38.7. The second-order valence-electron chi connectivity index (χ2n) is 42.1. The van der Waals surface area contributed by atoms with Gasteiger partial charge in [-0.25, -0.2) is 0 Å². The van der Waals surface area contributed by atoms with Gasteiger partial charge in [-0.05, 0) is 326 Å². The molecular formula is C118H152O12Si5. The summed E-state index contributed by atoms with van der Waals surface area (Å²) in [5.41, 5.74) is 2.99. The Hall–Kier alpha value is -8.39. The third kappa shape index (κ3) is 24.2. The molecule has 14 aliphatic carbocycles. The lowest BCUT2D eigenvalue weighted by molar-refractivity contribution is -0.132. The molecule has 22 atom stereocenters. The number of hydrogen-bond acceptors (Lipinski definition) is 12. The Morgan fingerprint density at radius 2 is 0.644 bits per heavy atom. The topological polar surface area (TPSA) is 130 Å².